The molecule has 0 aliphatic carbocycles. The normalized spacial score (nSPS) is 15.0. The summed E-state index contributed by atoms with van der Waals surface area (Å²) in [5.41, 5.74) is 12.7. The van der Waals surface area contributed by atoms with Gasteiger partial charge in [-0.1, -0.05) is 67.8 Å². The fourth-order valence-corrected chi connectivity index (χ4v) is 3.91. The van der Waals surface area contributed by atoms with Gasteiger partial charge in [0, 0.05) is 49.4 Å². The molecule has 1 amide bonds. The standard InChI is InChI=1S/C28H32N4O/c1-4-27(33)32-16-14-31(15-17-32)21(2)18-26(20-29)28(30)22(3)25-12-10-24(11-13-25)19-23-8-6-5-7-9-23/h4-13,18,20,29H,1,3,14-17,19,30H2,2H3/b21-18+,28-26-,29-20?. The first-order valence-corrected chi connectivity index (χ1v) is 11.1. The Bertz CT molecular complexity index is 1070. The van der Waals surface area contributed by atoms with Crippen LogP contribution in [0.3, 0.4) is 0 Å². The number of rotatable bonds is 8. The van der Waals surface area contributed by atoms with Gasteiger partial charge in [-0.3, -0.25) is 4.79 Å². The highest BCUT2D eigenvalue weighted by atomic mass is 16.2. The highest BCUT2D eigenvalue weighted by Crippen LogP contribution is 2.23. The first-order valence-electron chi connectivity index (χ1n) is 11.1. The van der Waals surface area contributed by atoms with E-state index in [-0.39, 0.29) is 5.91 Å². The van der Waals surface area contributed by atoms with Crippen LogP contribution in [0.5, 0.6) is 0 Å². The van der Waals surface area contributed by atoms with E-state index in [1.165, 1.54) is 23.4 Å². The molecule has 2 aromatic rings. The highest BCUT2D eigenvalue weighted by molar-refractivity contribution is 5.90. The van der Waals surface area contributed by atoms with Crippen LogP contribution in [0.1, 0.15) is 23.6 Å². The summed E-state index contributed by atoms with van der Waals surface area (Å²) in [6, 6.07) is 18.6. The number of benzene rings is 2. The van der Waals surface area contributed by atoms with Gasteiger partial charge in [0.1, 0.15) is 0 Å². The van der Waals surface area contributed by atoms with Gasteiger partial charge in [0.25, 0.3) is 0 Å². The molecule has 1 heterocycles. The lowest BCUT2D eigenvalue weighted by Gasteiger charge is -2.36. The van der Waals surface area contributed by atoms with E-state index in [9.17, 15) is 4.79 Å². The summed E-state index contributed by atoms with van der Waals surface area (Å²) in [6.45, 7) is 12.5. The zero-order valence-corrected chi connectivity index (χ0v) is 19.3. The zero-order chi connectivity index (χ0) is 23.8. The molecule has 3 rings (SSSR count). The lowest BCUT2D eigenvalue weighted by Crippen LogP contribution is -2.47. The van der Waals surface area contributed by atoms with Crippen molar-refractivity contribution in [3.63, 3.8) is 0 Å². The second-order valence-electron chi connectivity index (χ2n) is 8.15. The number of allylic oxidation sites excluding steroid dienone is 4. The Morgan fingerprint density at radius 1 is 1.00 bits per heavy atom. The van der Waals surface area contributed by atoms with E-state index in [4.69, 9.17) is 11.1 Å². The molecule has 0 unspecified atom stereocenters. The van der Waals surface area contributed by atoms with Gasteiger partial charge in [-0.15, -0.1) is 0 Å². The number of carbonyl (C=O) groups is 1. The van der Waals surface area contributed by atoms with E-state index in [0.717, 1.165) is 30.8 Å². The van der Waals surface area contributed by atoms with E-state index >= 15 is 0 Å². The van der Waals surface area contributed by atoms with Crippen molar-refractivity contribution in [3.05, 3.63) is 114 Å². The minimum Gasteiger partial charge on any atom is -0.398 e. The molecule has 1 fully saturated rings. The maximum absolute atomic E-state index is 11.8. The zero-order valence-electron chi connectivity index (χ0n) is 19.3. The van der Waals surface area contributed by atoms with Gasteiger partial charge < -0.3 is 20.9 Å². The van der Waals surface area contributed by atoms with Crippen molar-refractivity contribution in [1.82, 2.24) is 9.80 Å². The highest BCUT2D eigenvalue weighted by Gasteiger charge is 2.19. The van der Waals surface area contributed by atoms with Crippen LogP contribution in [0.4, 0.5) is 0 Å². The molecule has 0 radical (unpaired) electrons. The van der Waals surface area contributed by atoms with E-state index in [1.54, 1.807) is 4.90 Å². The number of nitrogens with zero attached hydrogens (tertiary/aromatic N) is 2. The van der Waals surface area contributed by atoms with Gasteiger partial charge in [-0.2, -0.15) is 0 Å². The lowest BCUT2D eigenvalue weighted by molar-refractivity contribution is -0.127. The molecular weight excluding hydrogens is 408 g/mol. The Labute approximate surface area is 196 Å². The Balaban J connectivity index is 1.70. The second kappa shape index (κ2) is 11.1. The third-order valence-electron chi connectivity index (χ3n) is 5.97. The monoisotopic (exact) mass is 440 g/mol. The lowest BCUT2D eigenvalue weighted by atomic mass is 9.98. The van der Waals surface area contributed by atoms with E-state index in [2.05, 4.69) is 42.3 Å². The van der Waals surface area contributed by atoms with Gasteiger partial charge in [0.05, 0.1) is 0 Å². The molecule has 0 atom stereocenters. The average molecular weight is 441 g/mol. The first kappa shape index (κ1) is 23.8. The molecule has 33 heavy (non-hydrogen) atoms. The smallest absolute Gasteiger partial charge is 0.246 e. The van der Waals surface area contributed by atoms with Crippen molar-refractivity contribution in [2.45, 2.75) is 13.3 Å². The number of nitrogens with two attached hydrogens (primary N) is 1. The maximum atomic E-state index is 11.8. The largest absolute Gasteiger partial charge is 0.398 e. The molecule has 1 aliphatic rings. The molecule has 5 heteroatoms. The fraction of sp³-hybridized carbons (Fsp3) is 0.214. The van der Waals surface area contributed by atoms with Crippen LogP contribution in [-0.4, -0.2) is 48.1 Å². The van der Waals surface area contributed by atoms with E-state index in [0.29, 0.717) is 29.9 Å². The number of nitrogens with one attached hydrogen (secondary N) is 1. The topological polar surface area (TPSA) is 73.4 Å². The summed E-state index contributed by atoms with van der Waals surface area (Å²) in [7, 11) is 0. The summed E-state index contributed by atoms with van der Waals surface area (Å²) >= 11 is 0. The number of piperazine rings is 1. The number of hydrogen-bond acceptors (Lipinski definition) is 4. The molecule has 170 valence electrons. The maximum Gasteiger partial charge on any atom is 0.246 e. The van der Waals surface area contributed by atoms with Crippen LogP contribution in [0.2, 0.25) is 0 Å². The fourth-order valence-electron chi connectivity index (χ4n) is 3.91. The molecular formula is C28H32N4O. The second-order valence-corrected chi connectivity index (χ2v) is 8.15. The van der Waals surface area contributed by atoms with E-state index < -0.39 is 0 Å². The summed E-state index contributed by atoms with van der Waals surface area (Å²) in [6.07, 6.45) is 5.42. The minimum atomic E-state index is -0.0355. The Hall–Kier alpha value is -3.86. The van der Waals surface area contributed by atoms with Crippen LogP contribution in [-0.2, 0) is 11.2 Å². The van der Waals surface area contributed by atoms with Crippen molar-refractivity contribution in [2.24, 2.45) is 5.73 Å². The minimum absolute atomic E-state index is 0.0355. The van der Waals surface area contributed by atoms with Gasteiger partial charge in [0.2, 0.25) is 5.91 Å². The molecule has 1 aliphatic heterocycles. The first-order chi connectivity index (χ1) is 15.9. The number of amides is 1. The molecule has 1 saturated heterocycles. The van der Waals surface area contributed by atoms with Gasteiger partial charge in [-0.05, 0) is 47.8 Å². The van der Waals surface area contributed by atoms with Crippen molar-refractivity contribution in [2.75, 3.05) is 26.2 Å². The molecule has 0 aromatic heterocycles. The third kappa shape index (κ3) is 6.10. The quantitative estimate of drug-likeness (QED) is 0.363. The Morgan fingerprint density at radius 2 is 1.58 bits per heavy atom. The van der Waals surface area contributed by atoms with Crippen LogP contribution < -0.4 is 5.73 Å². The van der Waals surface area contributed by atoms with Crippen molar-refractivity contribution in [1.29, 1.82) is 5.41 Å². The van der Waals surface area contributed by atoms with Crippen molar-refractivity contribution in [3.8, 4) is 0 Å². The summed E-state index contributed by atoms with van der Waals surface area (Å²) < 4.78 is 0. The third-order valence-corrected chi connectivity index (χ3v) is 5.97. The van der Waals surface area contributed by atoms with Gasteiger partial charge in [0.15, 0.2) is 0 Å². The summed E-state index contributed by atoms with van der Waals surface area (Å²) in [5.74, 6) is -0.0355. The molecule has 0 bridgehead atoms. The SMILES string of the molecule is C=CC(=O)N1CCN(/C(C)=C/C(C=N)=C(/N)C(=C)c2ccc(Cc3ccccc3)cc2)CC1. The van der Waals surface area contributed by atoms with Crippen LogP contribution in [0, 0.1) is 5.41 Å². The molecule has 3 N–H and O–H groups in total. The van der Waals surface area contributed by atoms with Crippen LogP contribution in [0.25, 0.3) is 5.57 Å². The molecule has 0 saturated carbocycles. The van der Waals surface area contributed by atoms with Gasteiger partial charge in [-0.25, -0.2) is 0 Å². The molecule has 2 aromatic carbocycles. The predicted octanol–water partition coefficient (Wildman–Crippen LogP) is 4.39. The Kier molecular flexibility index (Phi) is 8.03. The Morgan fingerprint density at radius 3 is 2.15 bits per heavy atom. The number of hydrogen-bond donors (Lipinski definition) is 2. The van der Waals surface area contributed by atoms with Gasteiger partial charge >= 0.3 is 0 Å². The van der Waals surface area contributed by atoms with Crippen LogP contribution >= 0.6 is 0 Å². The molecule has 0 spiro atoms. The average Bonchev–Trinajstić information content (AvgIpc) is 2.87. The predicted molar refractivity (Wildman–Crippen MR) is 137 cm³/mol. The summed E-state index contributed by atoms with van der Waals surface area (Å²) in [5, 5.41) is 7.89. The van der Waals surface area contributed by atoms with Crippen LogP contribution in [0.15, 0.2) is 96.9 Å². The van der Waals surface area contributed by atoms with Crippen molar-refractivity contribution >= 4 is 17.7 Å². The molecule has 5 nitrogen and oxygen atoms in total. The van der Waals surface area contributed by atoms with E-state index in [1.807, 2.05) is 43.3 Å². The van der Waals surface area contributed by atoms with Crippen molar-refractivity contribution < 1.29 is 4.79 Å². The summed E-state index contributed by atoms with van der Waals surface area (Å²) in [4.78, 5) is 15.8. The number of carbonyl (C=O) groups excluding carboxylic acids is 1.